The zero-order valence-electron chi connectivity index (χ0n) is 17.0. The van der Waals surface area contributed by atoms with Crippen LogP contribution in [0.15, 0.2) is 47.4 Å². The van der Waals surface area contributed by atoms with Crippen molar-refractivity contribution < 1.29 is 0 Å². The number of nitriles is 1. The van der Waals surface area contributed by atoms with Crippen molar-refractivity contribution in [2.24, 2.45) is 0 Å². The minimum atomic E-state index is -0.201. The second kappa shape index (κ2) is 7.66. The van der Waals surface area contributed by atoms with E-state index in [0.29, 0.717) is 29.3 Å². The molecule has 0 spiro atoms. The van der Waals surface area contributed by atoms with Crippen LogP contribution >= 0.6 is 0 Å². The molecule has 0 bridgehead atoms. The topological polar surface area (TPSA) is 113 Å². The van der Waals surface area contributed by atoms with Crippen molar-refractivity contribution in [2.75, 3.05) is 11.9 Å². The quantitative estimate of drug-likeness (QED) is 0.528. The number of anilines is 2. The van der Waals surface area contributed by atoms with E-state index in [1.807, 2.05) is 19.1 Å². The zero-order valence-corrected chi connectivity index (χ0v) is 17.0. The molecule has 5 rings (SSSR count). The summed E-state index contributed by atoms with van der Waals surface area (Å²) in [5, 5.41) is 16.2. The van der Waals surface area contributed by atoms with Crippen LogP contribution in [0.3, 0.4) is 0 Å². The molecule has 0 radical (unpaired) electrons. The zero-order chi connectivity index (χ0) is 21.4. The molecule has 4 heterocycles. The van der Waals surface area contributed by atoms with Crippen molar-refractivity contribution in [3.05, 3.63) is 69.8 Å². The number of benzene rings is 1. The Kier molecular flexibility index (Phi) is 4.69. The summed E-state index contributed by atoms with van der Waals surface area (Å²) >= 11 is 0. The van der Waals surface area contributed by atoms with E-state index >= 15 is 0 Å². The molecule has 0 fully saturated rings. The Hall–Kier alpha value is -4.03. The van der Waals surface area contributed by atoms with Gasteiger partial charge in [-0.3, -0.25) is 4.79 Å². The fraction of sp³-hybridized carbons (Fsp3) is 0.227. The summed E-state index contributed by atoms with van der Waals surface area (Å²) in [6.45, 7) is 4.13. The van der Waals surface area contributed by atoms with Gasteiger partial charge in [0.05, 0.1) is 0 Å². The number of hydrogen-bond acceptors (Lipinski definition) is 7. The Bertz CT molecular complexity index is 1400. The molecule has 154 valence electrons. The summed E-state index contributed by atoms with van der Waals surface area (Å²) in [6.07, 6.45) is 2.55. The molecule has 31 heavy (non-hydrogen) atoms. The lowest BCUT2D eigenvalue weighted by Crippen LogP contribution is -2.23. The lowest BCUT2D eigenvalue weighted by Gasteiger charge is -2.18. The highest BCUT2D eigenvalue weighted by molar-refractivity contribution is 5.77. The highest BCUT2D eigenvalue weighted by Gasteiger charge is 2.18. The highest BCUT2D eigenvalue weighted by Crippen LogP contribution is 2.22. The van der Waals surface area contributed by atoms with Gasteiger partial charge in [-0.15, -0.1) is 0 Å². The standard InChI is InChI=1S/C22H20N8O/c1-2-29-21(31)18-13-25-22(27-16-7-6-14-8-9-24-12-15(14)10-16)28-20(18)30(29)19-5-3-4-17(11-23)26-19/h3-7,10,13,24H,2,8-9,12H2,1H3,(H,25,27,28). The molecule has 3 aromatic heterocycles. The van der Waals surface area contributed by atoms with Crippen LogP contribution in [0.1, 0.15) is 23.7 Å². The molecule has 1 aliphatic rings. The molecule has 0 aliphatic carbocycles. The van der Waals surface area contributed by atoms with Crippen molar-refractivity contribution in [1.29, 1.82) is 5.26 Å². The predicted octanol–water partition coefficient (Wildman–Crippen LogP) is 2.26. The van der Waals surface area contributed by atoms with Gasteiger partial charge in [-0.2, -0.15) is 10.2 Å². The van der Waals surface area contributed by atoms with Crippen LogP contribution in [-0.2, 0) is 19.5 Å². The van der Waals surface area contributed by atoms with Crippen molar-refractivity contribution >= 4 is 22.7 Å². The average Bonchev–Trinajstić information content (AvgIpc) is 3.10. The van der Waals surface area contributed by atoms with Crippen LogP contribution in [0.25, 0.3) is 16.9 Å². The Morgan fingerprint density at radius 1 is 1.23 bits per heavy atom. The maximum atomic E-state index is 12.9. The fourth-order valence-electron chi connectivity index (χ4n) is 3.90. The van der Waals surface area contributed by atoms with Crippen LogP contribution in [0, 0.1) is 11.3 Å². The molecule has 4 aromatic rings. The SMILES string of the molecule is CCn1c(=O)c2cnc(Nc3ccc4c(c3)CNCC4)nc2n1-c1cccc(C#N)n1. The monoisotopic (exact) mass is 412 g/mol. The van der Waals surface area contributed by atoms with E-state index in [4.69, 9.17) is 0 Å². The minimum Gasteiger partial charge on any atom is -0.324 e. The first kappa shape index (κ1) is 19.0. The van der Waals surface area contributed by atoms with Crippen LogP contribution < -0.4 is 16.2 Å². The lowest BCUT2D eigenvalue weighted by atomic mass is 10.0. The van der Waals surface area contributed by atoms with Crippen LogP contribution in [0.5, 0.6) is 0 Å². The second-order valence-electron chi connectivity index (χ2n) is 7.29. The normalized spacial score (nSPS) is 13.0. The molecule has 1 aromatic carbocycles. The van der Waals surface area contributed by atoms with Gasteiger partial charge in [0, 0.05) is 25.0 Å². The third-order valence-electron chi connectivity index (χ3n) is 5.39. The Morgan fingerprint density at radius 3 is 2.97 bits per heavy atom. The molecule has 0 saturated heterocycles. The van der Waals surface area contributed by atoms with Gasteiger partial charge < -0.3 is 10.6 Å². The maximum Gasteiger partial charge on any atom is 0.278 e. The molecule has 0 saturated carbocycles. The van der Waals surface area contributed by atoms with Crippen molar-refractivity contribution in [3.8, 4) is 11.9 Å². The van der Waals surface area contributed by atoms with Gasteiger partial charge in [0.2, 0.25) is 5.95 Å². The first-order valence-corrected chi connectivity index (χ1v) is 10.1. The second-order valence-corrected chi connectivity index (χ2v) is 7.29. The summed E-state index contributed by atoms with van der Waals surface area (Å²) in [5.74, 6) is 0.840. The van der Waals surface area contributed by atoms with E-state index in [9.17, 15) is 10.1 Å². The van der Waals surface area contributed by atoms with E-state index in [1.165, 1.54) is 22.0 Å². The molecule has 9 heteroatoms. The first-order valence-electron chi connectivity index (χ1n) is 10.1. The number of nitrogens with zero attached hydrogens (tertiary/aromatic N) is 6. The van der Waals surface area contributed by atoms with Crippen molar-refractivity contribution in [2.45, 2.75) is 26.4 Å². The molecular formula is C22H20N8O. The summed E-state index contributed by atoms with van der Waals surface area (Å²) in [7, 11) is 0. The van der Waals surface area contributed by atoms with E-state index < -0.39 is 0 Å². The number of nitrogens with one attached hydrogen (secondary N) is 2. The molecule has 0 unspecified atom stereocenters. The molecule has 0 atom stereocenters. The van der Waals surface area contributed by atoms with Gasteiger partial charge in [0.1, 0.15) is 17.1 Å². The smallest absolute Gasteiger partial charge is 0.278 e. The summed E-state index contributed by atoms with van der Waals surface area (Å²) < 4.78 is 3.18. The highest BCUT2D eigenvalue weighted by atomic mass is 16.1. The largest absolute Gasteiger partial charge is 0.324 e. The number of pyridine rings is 1. The molecule has 9 nitrogen and oxygen atoms in total. The van der Waals surface area contributed by atoms with E-state index in [1.54, 1.807) is 22.9 Å². The molecular weight excluding hydrogens is 392 g/mol. The fourth-order valence-corrected chi connectivity index (χ4v) is 3.90. The molecule has 1 aliphatic heterocycles. The van der Waals surface area contributed by atoms with Gasteiger partial charge in [0.15, 0.2) is 11.5 Å². The van der Waals surface area contributed by atoms with E-state index in [-0.39, 0.29) is 11.3 Å². The van der Waals surface area contributed by atoms with Gasteiger partial charge in [-0.1, -0.05) is 12.1 Å². The maximum absolute atomic E-state index is 12.9. The first-order chi connectivity index (χ1) is 15.2. The van der Waals surface area contributed by atoms with Crippen molar-refractivity contribution in [3.63, 3.8) is 0 Å². The molecule has 0 amide bonds. The number of fused-ring (bicyclic) bond motifs is 2. The number of aromatic nitrogens is 5. The van der Waals surface area contributed by atoms with Crippen molar-refractivity contribution in [1.82, 2.24) is 29.6 Å². The molecule has 2 N–H and O–H groups in total. The Labute approximate surface area is 178 Å². The third-order valence-corrected chi connectivity index (χ3v) is 5.39. The lowest BCUT2D eigenvalue weighted by molar-refractivity contribution is 0.567. The van der Waals surface area contributed by atoms with E-state index in [0.717, 1.165) is 25.2 Å². The summed E-state index contributed by atoms with van der Waals surface area (Å²) in [5.41, 5.74) is 3.99. The van der Waals surface area contributed by atoms with Gasteiger partial charge in [-0.25, -0.2) is 19.3 Å². The number of rotatable bonds is 4. The average molecular weight is 412 g/mol. The van der Waals surface area contributed by atoms with Gasteiger partial charge in [-0.05, 0) is 55.3 Å². The minimum absolute atomic E-state index is 0.201. The third kappa shape index (κ3) is 3.33. The Balaban J connectivity index is 1.60. The summed E-state index contributed by atoms with van der Waals surface area (Å²) in [6, 6.07) is 13.4. The predicted molar refractivity (Wildman–Crippen MR) is 116 cm³/mol. The van der Waals surface area contributed by atoms with Crippen LogP contribution in [-0.4, -0.2) is 30.9 Å². The summed E-state index contributed by atoms with van der Waals surface area (Å²) in [4.78, 5) is 26.2. The van der Waals surface area contributed by atoms with Gasteiger partial charge in [0.25, 0.3) is 5.56 Å². The van der Waals surface area contributed by atoms with Gasteiger partial charge >= 0.3 is 0 Å². The van der Waals surface area contributed by atoms with Crippen LogP contribution in [0.2, 0.25) is 0 Å². The Morgan fingerprint density at radius 2 is 2.13 bits per heavy atom. The number of hydrogen-bond donors (Lipinski definition) is 2. The van der Waals surface area contributed by atoms with E-state index in [2.05, 4.69) is 37.7 Å². The van der Waals surface area contributed by atoms with Crippen LogP contribution in [0.4, 0.5) is 11.6 Å².